The first-order chi connectivity index (χ1) is 11.3. The molecule has 3 aromatic carbocycles. The molecule has 3 aromatic rings. The van der Waals surface area contributed by atoms with E-state index in [1.54, 1.807) is 4.90 Å². The van der Waals surface area contributed by atoms with Gasteiger partial charge in [-0.1, -0.05) is 78.9 Å². The number of hydrogen-bond donors (Lipinski definition) is 2. The summed E-state index contributed by atoms with van der Waals surface area (Å²) in [7, 11) is 0. The second-order valence-corrected chi connectivity index (χ2v) is 5.10. The van der Waals surface area contributed by atoms with E-state index >= 15 is 0 Å². The molecule has 3 heteroatoms. The van der Waals surface area contributed by atoms with Crippen LogP contribution in [0, 0.1) is 10.8 Å². The minimum absolute atomic E-state index is 0.283. The van der Waals surface area contributed by atoms with Crippen LogP contribution in [0.3, 0.4) is 0 Å². The summed E-state index contributed by atoms with van der Waals surface area (Å²) in [5, 5.41) is 17.2. The highest BCUT2D eigenvalue weighted by molar-refractivity contribution is 6.27. The van der Waals surface area contributed by atoms with E-state index in [-0.39, 0.29) is 11.7 Å². The number of benzene rings is 3. The Morgan fingerprint density at radius 3 is 1.26 bits per heavy atom. The van der Waals surface area contributed by atoms with E-state index in [9.17, 15) is 0 Å². The van der Waals surface area contributed by atoms with Crippen LogP contribution in [0.5, 0.6) is 0 Å². The van der Waals surface area contributed by atoms with Crippen molar-refractivity contribution >= 4 is 17.4 Å². The van der Waals surface area contributed by atoms with E-state index in [1.807, 2.05) is 91.0 Å². The summed E-state index contributed by atoms with van der Waals surface area (Å²) in [5.74, 6) is 0.566. The summed E-state index contributed by atoms with van der Waals surface area (Å²) in [6, 6.07) is 28.6. The van der Waals surface area contributed by atoms with Gasteiger partial charge in [-0.25, -0.2) is 0 Å². The third-order valence-electron chi connectivity index (χ3n) is 3.56. The molecule has 0 aliphatic heterocycles. The largest absolute Gasteiger partial charge is 0.284 e. The highest BCUT2D eigenvalue weighted by atomic mass is 15.2. The van der Waals surface area contributed by atoms with Crippen molar-refractivity contribution in [1.82, 2.24) is 0 Å². The van der Waals surface area contributed by atoms with Gasteiger partial charge in [0.05, 0.1) is 0 Å². The predicted molar refractivity (Wildman–Crippen MR) is 95.5 cm³/mol. The molecule has 0 saturated heterocycles. The number of hydrogen-bond acceptors (Lipinski definition) is 2. The molecule has 0 aromatic heterocycles. The second-order valence-electron chi connectivity index (χ2n) is 5.10. The van der Waals surface area contributed by atoms with Gasteiger partial charge in [-0.2, -0.15) is 0 Å². The molecule has 0 fully saturated rings. The van der Waals surface area contributed by atoms with Crippen molar-refractivity contribution in [2.45, 2.75) is 0 Å². The number of para-hydroxylation sites is 1. The Labute approximate surface area is 135 Å². The average Bonchev–Trinajstić information content (AvgIpc) is 2.64. The van der Waals surface area contributed by atoms with Crippen LogP contribution in [-0.4, -0.2) is 11.7 Å². The summed E-state index contributed by atoms with van der Waals surface area (Å²) >= 11 is 0. The average molecular weight is 299 g/mol. The maximum atomic E-state index is 8.59. The van der Waals surface area contributed by atoms with Gasteiger partial charge in [0.1, 0.15) is 11.7 Å². The number of anilines is 1. The van der Waals surface area contributed by atoms with Gasteiger partial charge in [0.25, 0.3) is 0 Å². The van der Waals surface area contributed by atoms with E-state index in [1.165, 1.54) is 0 Å². The zero-order valence-electron chi connectivity index (χ0n) is 12.6. The summed E-state index contributed by atoms with van der Waals surface area (Å²) in [5.41, 5.74) is 2.35. The smallest absolute Gasteiger partial charge is 0.138 e. The molecule has 0 spiro atoms. The monoisotopic (exact) mass is 299 g/mol. The lowest BCUT2D eigenvalue weighted by Crippen LogP contribution is -2.37. The maximum Gasteiger partial charge on any atom is 0.138 e. The molecule has 0 atom stereocenters. The van der Waals surface area contributed by atoms with Gasteiger partial charge in [0.2, 0.25) is 0 Å². The Bertz CT molecular complexity index is 745. The highest BCUT2D eigenvalue weighted by Crippen LogP contribution is 2.20. The number of rotatable bonds is 3. The molecule has 0 aliphatic rings. The molecule has 0 unspecified atom stereocenters. The first kappa shape index (κ1) is 14.7. The molecule has 0 radical (unpaired) electrons. The molecule has 0 bridgehead atoms. The standard InChI is InChI=1S/C20H17N3/c21-19(16-10-4-1-5-11-16)23(18-14-8-3-9-15-18)20(22)17-12-6-2-7-13-17/h1-15,21-22H. The second kappa shape index (κ2) is 6.71. The first-order valence-corrected chi connectivity index (χ1v) is 7.40. The van der Waals surface area contributed by atoms with Crippen LogP contribution in [0.2, 0.25) is 0 Å². The van der Waals surface area contributed by atoms with Gasteiger partial charge < -0.3 is 0 Å². The van der Waals surface area contributed by atoms with Crippen LogP contribution in [0.25, 0.3) is 0 Å². The third kappa shape index (κ3) is 3.19. The number of amidine groups is 2. The molecule has 0 amide bonds. The first-order valence-electron chi connectivity index (χ1n) is 7.40. The quantitative estimate of drug-likeness (QED) is 0.541. The zero-order chi connectivity index (χ0) is 16.1. The van der Waals surface area contributed by atoms with Crippen LogP contribution in [0.15, 0.2) is 91.0 Å². The van der Waals surface area contributed by atoms with E-state index in [0.29, 0.717) is 0 Å². The third-order valence-corrected chi connectivity index (χ3v) is 3.56. The Balaban J connectivity index is 2.05. The maximum absolute atomic E-state index is 8.59. The Morgan fingerprint density at radius 2 is 0.870 bits per heavy atom. The molecule has 23 heavy (non-hydrogen) atoms. The van der Waals surface area contributed by atoms with Gasteiger partial charge in [-0.3, -0.25) is 15.7 Å². The van der Waals surface area contributed by atoms with Crippen molar-refractivity contribution in [1.29, 1.82) is 10.8 Å². The molecule has 3 nitrogen and oxygen atoms in total. The van der Waals surface area contributed by atoms with Crippen molar-refractivity contribution in [2.75, 3.05) is 4.90 Å². The lowest BCUT2D eigenvalue weighted by molar-refractivity contribution is 1.28. The fraction of sp³-hybridized carbons (Fsp3) is 0. The normalized spacial score (nSPS) is 10.1. The van der Waals surface area contributed by atoms with Crippen molar-refractivity contribution in [2.24, 2.45) is 0 Å². The van der Waals surface area contributed by atoms with Crippen LogP contribution in [-0.2, 0) is 0 Å². The summed E-state index contributed by atoms with van der Waals surface area (Å²) < 4.78 is 0. The minimum Gasteiger partial charge on any atom is -0.284 e. The number of nitrogens with zero attached hydrogens (tertiary/aromatic N) is 1. The molecule has 2 N–H and O–H groups in total. The molecule has 3 rings (SSSR count). The van der Waals surface area contributed by atoms with Crippen molar-refractivity contribution in [3.63, 3.8) is 0 Å². The lowest BCUT2D eigenvalue weighted by atomic mass is 10.1. The van der Waals surface area contributed by atoms with Gasteiger partial charge in [0.15, 0.2) is 0 Å². The Hall–Kier alpha value is -3.20. The van der Waals surface area contributed by atoms with E-state index in [2.05, 4.69) is 0 Å². The molecule has 0 saturated carbocycles. The lowest BCUT2D eigenvalue weighted by Gasteiger charge is -2.26. The van der Waals surface area contributed by atoms with Crippen molar-refractivity contribution < 1.29 is 0 Å². The van der Waals surface area contributed by atoms with E-state index in [0.717, 1.165) is 16.8 Å². The van der Waals surface area contributed by atoms with Gasteiger partial charge in [-0.05, 0) is 12.1 Å². The molecule has 0 heterocycles. The fourth-order valence-electron chi connectivity index (χ4n) is 2.40. The van der Waals surface area contributed by atoms with Crippen molar-refractivity contribution in [3.8, 4) is 0 Å². The summed E-state index contributed by atoms with van der Waals surface area (Å²) in [6.07, 6.45) is 0. The van der Waals surface area contributed by atoms with Crippen molar-refractivity contribution in [3.05, 3.63) is 102 Å². The zero-order valence-corrected chi connectivity index (χ0v) is 12.6. The van der Waals surface area contributed by atoms with Gasteiger partial charge in [-0.15, -0.1) is 0 Å². The fourth-order valence-corrected chi connectivity index (χ4v) is 2.40. The van der Waals surface area contributed by atoms with Crippen LogP contribution in [0.4, 0.5) is 5.69 Å². The predicted octanol–water partition coefficient (Wildman–Crippen LogP) is 4.54. The molecule has 0 aliphatic carbocycles. The van der Waals surface area contributed by atoms with Crippen LogP contribution in [0.1, 0.15) is 11.1 Å². The number of nitrogens with one attached hydrogen (secondary N) is 2. The topological polar surface area (TPSA) is 50.9 Å². The summed E-state index contributed by atoms with van der Waals surface area (Å²) in [4.78, 5) is 1.66. The molecular formula is C20H17N3. The Morgan fingerprint density at radius 1 is 0.522 bits per heavy atom. The summed E-state index contributed by atoms with van der Waals surface area (Å²) in [6.45, 7) is 0. The minimum atomic E-state index is 0.283. The van der Waals surface area contributed by atoms with Crippen LogP contribution < -0.4 is 4.90 Å². The SMILES string of the molecule is N=C(c1ccccc1)N(C(=N)c1ccccc1)c1ccccc1. The van der Waals surface area contributed by atoms with E-state index in [4.69, 9.17) is 10.8 Å². The van der Waals surface area contributed by atoms with Gasteiger partial charge in [0, 0.05) is 16.8 Å². The Kier molecular flexibility index (Phi) is 4.29. The molecule has 112 valence electrons. The van der Waals surface area contributed by atoms with E-state index < -0.39 is 0 Å². The van der Waals surface area contributed by atoms with Gasteiger partial charge >= 0.3 is 0 Å². The molecular weight excluding hydrogens is 282 g/mol. The highest BCUT2D eigenvalue weighted by Gasteiger charge is 2.19. The van der Waals surface area contributed by atoms with Crippen LogP contribution >= 0.6 is 0 Å².